The summed E-state index contributed by atoms with van der Waals surface area (Å²) in [4.78, 5) is 11.4. The zero-order valence-corrected chi connectivity index (χ0v) is 6.76. The second kappa shape index (κ2) is 2.57. The van der Waals surface area contributed by atoms with Gasteiger partial charge in [0, 0.05) is 37.5 Å². The van der Waals surface area contributed by atoms with Gasteiger partial charge in [-0.05, 0) is 6.92 Å². The van der Waals surface area contributed by atoms with Crippen molar-refractivity contribution in [2.45, 2.75) is 25.4 Å². The van der Waals surface area contributed by atoms with E-state index in [2.05, 4.69) is 17.6 Å². The van der Waals surface area contributed by atoms with E-state index >= 15 is 0 Å². The summed E-state index contributed by atoms with van der Waals surface area (Å²) in [5, 5.41) is 6.66. The molecule has 3 nitrogen and oxygen atoms in total. The Balaban J connectivity index is 2.10. The third-order valence-corrected chi connectivity index (χ3v) is 2.63. The number of hydrogen-bond donors (Lipinski definition) is 2. The van der Waals surface area contributed by atoms with Crippen LogP contribution in [0.5, 0.6) is 0 Å². The monoisotopic (exact) mass is 154 g/mol. The predicted octanol–water partition coefficient (Wildman–Crippen LogP) is -0.475. The van der Waals surface area contributed by atoms with Crippen LogP contribution in [-0.4, -0.2) is 31.0 Å². The number of rotatable bonds is 0. The van der Waals surface area contributed by atoms with Gasteiger partial charge >= 0.3 is 0 Å². The molecule has 0 aromatic rings. The van der Waals surface area contributed by atoms with Crippen molar-refractivity contribution in [2.24, 2.45) is 5.92 Å². The molecule has 0 bridgehead atoms. The Bertz CT molecular complexity index is 181. The smallest absolute Gasteiger partial charge is 0.140 e. The van der Waals surface area contributed by atoms with Gasteiger partial charge in [0.2, 0.25) is 0 Å². The molecule has 0 amide bonds. The quantitative estimate of drug-likeness (QED) is 0.495. The van der Waals surface area contributed by atoms with Crippen molar-refractivity contribution in [2.75, 3.05) is 13.1 Å². The Morgan fingerprint density at radius 3 is 3.09 bits per heavy atom. The van der Waals surface area contributed by atoms with Crippen molar-refractivity contribution in [1.82, 2.24) is 10.6 Å². The van der Waals surface area contributed by atoms with Crippen LogP contribution < -0.4 is 10.6 Å². The predicted molar refractivity (Wildman–Crippen MR) is 42.4 cm³/mol. The maximum Gasteiger partial charge on any atom is 0.140 e. The van der Waals surface area contributed by atoms with E-state index in [1.165, 1.54) is 0 Å². The lowest BCUT2D eigenvalue weighted by Crippen LogP contribution is -2.50. The van der Waals surface area contributed by atoms with Gasteiger partial charge in [-0.15, -0.1) is 0 Å². The second-order valence-electron chi connectivity index (χ2n) is 3.61. The summed E-state index contributed by atoms with van der Waals surface area (Å²) in [6, 6.07) is 0.787. The fourth-order valence-corrected chi connectivity index (χ4v) is 2.07. The Morgan fingerprint density at radius 2 is 2.27 bits per heavy atom. The first-order valence-electron chi connectivity index (χ1n) is 4.27. The summed E-state index contributed by atoms with van der Waals surface area (Å²) < 4.78 is 0. The van der Waals surface area contributed by atoms with Crippen LogP contribution in [0, 0.1) is 5.92 Å². The molecule has 0 saturated carbocycles. The lowest BCUT2D eigenvalue weighted by atomic mass is 9.89. The van der Waals surface area contributed by atoms with Crippen LogP contribution in [0.1, 0.15) is 13.3 Å². The highest BCUT2D eigenvalue weighted by Crippen LogP contribution is 2.18. The van der Waals surface area contributed by atoms with Crippen molar-refractivity contribution in [3.05, 3.63) is 0 Å². The van der Waals surface area contributed by atoms with E-state index in [1.54, 1.807) is 0 Å². The van der Waals surface area contributed by atoms with Crippen LogP contribution in [0.4, 0.5) is 0 Å². The van der Waals surface area contributed by atoms with E-state index in [0.717, 1.165) is 13.1 Å². The van der Waals surface area contributed by atoms with Crippen LogP contribution in [0.25, 0.3) is 0 Å². The van der Waals surface area contributed by atoms with Gasteiger partial charge in [0.25, 0.3) is 0 Å². The maximum absolute atomic E-state index is 11.4. The van der Waals surface area contributed by atoms with Crippen LogP contribution in [0.2, 0.25) is 0 Å². The minimum atomic E-state index is 0.256. The molecule has 2 rings (SSSR count). The number of Topliss-reactive ketones (excluding diaryl/α,β-unsaturated/α-hetero) is 1. The molecule has 2 heterocycles. The van der Waals surface area contributed by atoms with Gasteiger partial charge in [0.1, 0.15) is 5.78 Å². The molecule has 2 fully saturated rings. The lowest BCUT2D eigenvalue weighted by molar-refractivity contribution is -0.125. The fourth-order valence-electron chi connectivity index (χ4n) is 2.07. The molecule has 3 heteroatoms. The Kier molecular flexibility index (Phi) is 1.69. The highest BCUT2D eigenvalue weighted by atomic mass is 16.1. The molecule has 3 atom stereocenters. The average Bonchev–Trinajstić information content (AvgIpc) is 2.34. The molecule has 2 N–H and O–H groups in total. The van der Waals surface area contributed by atoms with Gasteiger partial charge in [0.15, 0.2) is 0 Å². The minimum Gasteiger partial charge on any atom is -0.314 e. The first-order chi connectivity index (χ1) is 5.27. The third kappa shape index (κ3) is 1.19. The topological polar surface area (TPSA) is 41.1 Å². The molecular weight excluding hydrogens is 140 g/mol. The summed E-state index contributed by atoms with van der Waals surface area (Å²) in [5.41, 5.74) is 0. The standard InChI is InChI=1S/C8H14N2O/c1-5-2-8(11)6-3-9-4-7(6)10-5/h5-7,9-10H,2-4H2,1H3. The molecule has 2 aliphatic heterocycles. The van der Waals surface area contributed by atoms with E-state index in [0.29, 0.717) is 24.3 Å². The molecule has 2 saturated heterocycles. The summed E-state index contributed by atoms with van der Waals surface area (Å²) in [6.45, 7) is 3.91. The van der Waals surface area contributed by atoms with Crippen molar-refractivity contribution >= 4 is 5.78 Å². The molecule has 11 heavy (non-hydrogen) atoms. The van der Waals surface area contributed by atoms with Gasteiger partial charge in [0.05, 0.1) is 0 Å². The van der Waals surface area contributed by atoms with Crippen molar-refractivity contribution in [1.29, 1.82) is 0 Å². The van der Waals surface area contributed by atoms with Crippen LogP contribution in [-0.2, 0) is 4.79 Å². The van der Waals surface area contributed by atoms with Gasteiger partial charge < -0.3 is 10.6 Å². The van der Waals surface area contributed by atoms with Gasteiger partial charge in [-0.2, -0.15) is 0 Å². The van der Waals surface area contributed by atoms with Crippen LogP contribution in [0.15, 0.2) is 0 Å². The average molecular weight is 154 g/mol. The summed E-state index contributed by atoms with van der Waals surface area (Å²) in [5.74, 6) is 0.692. The van der Waals surface area contributed by atoms with E-state index < -0.39 is 0 Å². The molecule has 0 aromatic carbocycles. The minimum absolute atomic E-state index is 0.256. The van der Waals surface area contributed by atoms with Crippen molar-refractivity contribution in [3.8, 4) is 0 Å². The summed E-state index contributed by atoms with van der Waals surface area (Å²) in [7, 11) is 0. The summed E-state index contributed by atoms with van der Waals surface area (Å²) in [6.07, 6.45) is 0.711. The SMILES string of the molecule is CC1CC(=O)C2CNCC2N1. The van der Waals surface area contributed by atoms with Crippen LogP contribution in [0.3, 0.4) is 0 Å². The fraction of sp³-hybridized carbons (Fsp3) is 0.875. The highest BCUT2D eigenvalue weighted by molar-refractivity contribution is 5.83. The lowest BCUT2D eigenvalue weighted by Gasteiger charge is -2.29. The van der Waals surface area contributed by atoms with Crippen LogP contribution >= 0.6 is 0 Å². The largest absolute Gasteiger partial charge is 0.314 e. The zero-order valence-electron chi connectivity index (χ0n) is 6.76. The summed E-state index contributed by atoms with van der Waals surface area (Å²) >= 11 is 0. The van der Waals surface area contributed by atoms with E-state index in [4.69, 9.17) is 0 Å². The molecule has 0 aromatic heterocycles. The van der Waals surface area contributed by atoms with E-state index in [-0.39, 0.29) is 5.92 Å². The molecule has 62 valence electrons. The first-order valence-corrected chi connectivity index (χ1v) is 4.27. The van der Waals surface area contributed by atoms with E-state index in [1.807, 2.05) is 0 Å². The Morgan fingerprint density at radius 1 is 1.45 bits per heavy atom. The van der Waals surface area contributed by atoms with Gasteiger partial charge in [-0.1, -0.05) is 0 Å². The number of carbonyl (C=O) groups is 1. The number of fused-ring (bicyclic) bond motifs is 1. The number of carbonyl (C=O) groups excluding carboxylic acids is 1. The number of nitrogens with one attached hydrogen (secondary N) is 2. The van der Waals surface area contributed by atoms with E-state index in [9.17, 15) is 4.79 Å². The van der Waals surface area contributed by atoms with Gasteiger partial charge in [-0.3, -0.25) is 4.79 Å². The Hall–Kier alpha value is -0.410. The number of piperidine rings is 1. The van der Waals surface area contributed by atoms with Crippen molar-refractivity contribution < 1.29 is 4.79 Å². The Labute approximate surface area is 66.5 Å². The number of ketones is 1. The molecule has 0 spiro atoms. The molecule has 2 aliphatic rings. The molecule has 3 unspecified atom stereocenters. The molecule has 0 radical (unpaired) electrons. The van der Waals surface area contributed by atoms with Crippen molar-refractivity contribution in [3.63, 3.8) is 0 Å². The first kappa shape index (κ1) is 7.25. The van der Waals surface area contributed by atoms with Gasteiger partial charge in [-0.25, -0.2) is 0 Å². The number of hydrogen-bond acceptors (Lipinski definition) is 3. The second-order valence-corrected chi connectivity index (χ2v) is 3.61. The molecular formula is C8H14N2O. The molecule has 0 aliphatic carbocycles. The zero-order chi connectivity index (χ0) is 7.84. The maximum atomic E-state index is 11.4. The normalized spacial score (nSPS) is 44.1. The highest BCUT2D eigenvalue weighted by Gasteiger charge is 2.37. The third-order valence-electron chi connectivity index (χ3n) is 2.63.